The second kappa shape index (κ2) is 6.40. The first kappa shape index (κ1) is 16.1. The molecule has 0 aliphatic heterocycles. The fourth-order valence-electron chi connectivity index (χ4n) is 2.46. The molecule has 0 saturated heterocycles. The van der Waals surface area contributed by atoms with Crippen molar-refractivity contribution in [2.75, 3.05) is 5.32 Å². The van der Waals surface area contributed by atoms with Crippen LogP contribution in [-0.2, 0) is 0 Å². The second-order valence-electron chi connectivity index (χ2n) is 5.31. The van der Waals surface area contributed by atoms with Gasteiger partial charge in [0, 0.05) is 17.7 Å². The summed E-state index contributed by atoms with van der Waals surface area (Å²) in [6.07, 6.45) is 0. The number of amides is 1. The predicted octanol–water partition coefficient (Wildman–Crippen LogP) is 3.70. The van der Waals surface area contributed by atoms with Gasteiger partial charge in [0.25, 0.3) is 11.6 Å². The van der Waals surface area contributed by atoms with Gasteiger partial charge in [0.2, 0.25) is 0 Å². The normalized spacial score (nSPS) is 10.4. The molecule has 0 aliphatic carbocycles. The molecule has 3 aromatic rings. The molecule has 25 heavy (non-hydrogen) atoms. The Kier molecular flexibility index (Phi) is 4.13. The van der Waals surface area contributed by atoms with Gasteiger partial charge in [0.15, 0.2) is 0 Å². The van der Waals surface area contributed by atoms with Gasteiger partial charge in [-0.1, -0.05) is 30.3 Å². The van der Waals surface area contributed by atoms with E-state index in [-0.39, 0.29) is 16.9 Å². The van der Waals surface area contributed by atoms with E-state index < -0.39 is 16.8 Å². The van der Waals surface area contributed by atoms with Crippen molar-refractivity contribution in [1.82, 2.24) is 0 Å². The van der Waals surface area contributed by atoms with Crippen LogP contribution >= 0.6 is 0 Å². The number of nitro benzene ring substituents is 1. The van der Waals surface area contributed by atoms with Gasteiger partial charge in [-0.3, -0.25) is 14.9 Å². The highest BCUT2D eigenvalue weighted by atomic mass is 16.6. The van der Waals surface area contributed by atoms with Gasteiger partial charge in [-0.05, 0) is 29.0 Å². The van der Waals surface area contributed by atoms with E-state index in [1.807, 2.05) is 24.3 Å². The van der Waals surface area contributed by atoms with E-state index in [0.717, 1.165) is 22.9 Å². The van der Waals surface area contributed by atoms with E-state index in [2.05, 4.69) is 5.32 Å². The van der Waals surface area contributed by atoms with Crippen molar-refractivity contribution in [3.8, 4) is 0 Å². The zero-order chi connectivity index (χ0) is 18.0. The molecule has 124 valence electrons. The smallest absolute Gasteiger partial charge is 0.338 e. The van der Waals surface area contributed by atoms with Crippen molar-refractivity contribution in [2.24, 2.45) is 0 Å². The Balaban J connectivity index is 1.93. The Hall–Kier alpha value is -3.74. The molecule has 0 aromatic heterocycles. The maximum Gasteiger partial charge on any atom is 0.338 e. The van der Waals surface area contributed by atoms with Crippen molar-refractivity contribution < 1.29 is 19.6 Å². The van der Waals surface area contributed by atoms with Crippen molar-refractivity contribution in [3.63, 3.8) is 0 Å². The summed E-state index contributed by atoms with van der Waals surface area (Å²) in [6, 6.07) is 15.9. The topological polar surface area (TPSA) is 110 Å². The summed E-state index contributed by atoms with van der Waals surface area (Å²) in [7, 11) is 0. The van der Waals surface area contributed by atoms with E-state index in [0.29, 0.717) is 5.56 Å². The molecule has 0 atom stereocenters. The van der Waals surface area contributed by atoms with Gasteiger partial charge in [-0.25, -0.2) is 4.79 Å². The van der Waals surface area contributed by atoms with Crippen LogP contribution in [0.5, 0.6) is 0 Å². The first-order chi connectivity index (χ1) is 12.0. The molecule has 1 amide bonds. The number of rotatable bonds is 4. The lowest BCUT2D eigenvalue weighted by Gasteiger charge is -2.09. The molecule has 0 fully saturated rings. The van der Waals surface area contributed by atoms with E-state index >= 15 is 0 Å². The fraction of sp³-hybridized carbons (Fsp3) is 0. The molecule has 0 spiro atoms. The number of nitro groups is 1. The van der Waals surface area contributed by atoms with E-state index in [1.165, 1.54) is 6.07 Å². The number of carbonyl (C=O) groups is 2. The summed E-state index contributed by atoms with van der Waals surface area (Å²) in [4.78, 5) is 33.8. The Labute approximate surface area is 141 Å². The summed E-state index contributed by atoms with van der Waals surface area (Å²) in [5, 5.41) is 24.3. The second-order valence-corrected chi connectivity index (χ2v) is 5.31. The lowest BCUT2D eigenvalue weighted by Crippen LogP contribution is -2.15. The number of nitrogens with zero attached hydrogens (tertiary/aromatic N) is 1. The molecule has 0 aliphatic rings. The van der Waals surface area contributed by atoms with Crippen LogP contribution in [0.2, 0.25) is 0 Å². The highest BCUT2D eigenvalue weighted by Gasteiger charge is 2.18. The van der Waals surface area contributed by atoms with E-state index in [1.54, 1.807) is 18.2 Å². The van der Waals surface area contributed by atoms with Gasteiger partial charge in [0.05, 0.1) is 16.2 Å². The summed E-state index contributed by atoms with van der Waals surface area (Å²) in [5.41, 5.74) is -0.353. The average Bonchev–Trinajstić information content (AvgIpc) is 2.61. The number of fused-ring (bicyclic) bond motifs is 1. The maximum atomic E-state index is 12.4. The summed E-state index contributed by atoms with van der Waals surface area (Å²) >= 11 is 0. The highest BCUT2D eigenvalue weighted by Crippen LogP contribution is 2.23. The first-order valence-electron chi connectivity index (χ1n) is 7.27. The number of hydrogen-bond donors (Lipinski definition) is 2. The summed E-state index contributed by atoms with van der Waals surface area (Å²) < 4.78 is 0. The molecule has 0 bridgehead atoms. The maximum absolute atomic E-state index is 12.4. The summed E-state index contributed by atoms with van der Waals surface area (Å²) in [6.45, 7) is 0. The molecule has 0 unspecified atom stereocenters. The zero-order valence-electron chi connectivity index (χ0n) is 12.8. The molecule has 0 saturated carbocycles. The monoisotopic (exact) mass is 336 g/mol. The number of aromatic carboxylic acids is 1. The van der Waals surface area contributed by atoms with Crippen LogP contribution in [0.4, 0.5) is 11.4 Å². The lowest BCUT2D eigenvalue weighted by atomic mass is 10.1. The highest BCUT2D eigenvalue weighted by molar-refractivity contribution is 6.09. The van der Waals surface area contributed by atoms with Crippen LogP contribution in [0.3, 0.4) is 0 Å². The molecule has 7 nitrogen and oxygen atoms in total. The Morgan fingerprint density at radius 3 is 2.36 bits per heavy atom. The Morgan fingerprint density at radius 1 is 0.960 bits per heavy atom. The number of nitrogens with one attached hydrogen (secondary N) is 1. The van der Waals surface area contributed by atoms with Gasteiger partial charge in [-0.2, -0.15) is 0 Å². The average molecular weight is 336 g/mol. The number of carboxylic acid groups (broad SMARTS) is 1. The van der Waals surface area contributed by atoms with Gasteiger partial charge < -0.3 is 10.4 Å². The number of carbonyl (C=O) groups excluding carboxylic acids is 1. The number of anilines is 1. The third-order valence-electron chi connectivity index (χ3n) is 3.70. The standard InChI is InChI=1S/C18H12N2O5/c21-17(13-6-5-11-3-1-2-4-12(11)9-13)19-16-8-7-14(20(24)25)10-15(16)18(22)23/h1-10H,(H,19,21)(H,22,23). The van der Waals surface area contributed by atoms with Crippen molar-refractivity contribution >= 4 is 34.0 Å². The van der Waals surface area contributed by atoms with Crippen LogP contribution in [0.15, 0.2) is 60.7 Å². The number of non-ortho nitro benzene ring substituents is 1. The molecular weight excluding hydrogens is 324 g/mol. The minimum Gasteiger partial charge on any atom is -0.478 e. The SMILES string of the molecule is O=C(Nc1ccc([N+](=O)[O-])cc1C(=O)O)c1ccc2ccccc2c1. The van der Waals surface area contributed by atoms with Gasteiger partial charge >= 0.3 is 5.97 Å². The number of carboxylic acids is 1. The summed E-state index contributed by atoms with van der Waals surface area (Å²) in [5.74, 6) is -1.86. The van der Waals surface area contributed by atoms with E-state index in [9.17, 15) is 24.8 Å². The van der Waals surface area contributed by atoms with Gasteiger partial charge in [-0.15, -0.1) is 0 Å². The van der Waals surface area contributed by atoms with Crippen LogP contribution in [0.25, 0.3) is 10.8 Å². The molecule has 3 rings (SSSR count). The van der Waals surface area contributed by atoms with Gasteiger partial charge in [0.1, 0.15) is 0 Å². The Bertz CT molecular complexity index is 1010. The zero-order valence-corrected chi connectivity index (χ0v) is 12.8. The van der Waals surface area contributed by atoms with Crippen LogP contribution in [0, 0.1) is 10.1 Å². The molecular formula is C18H12N2O5. The van der Waals surface area contributed by atoms with Crippen molar-refractivity contribution in [1.29, 1.82) is 0 Å². The minimum absolute atomic E-state index is 0.00346. The van der Waals surface area contributed by atoms with Crippen molar-refractivity contribution in [2.45, 2.75) is 0 Å². The number of hydrogen-bond acceptors (Lipinski definition) is 4. The van der Waals surface area contributed by atoms with Crippen LogP contribution < -0.4 is 5.32 Å². The molecule has 2 N–H and O–H groups in total. The number of benzene rings is 3. The van der Waals surface area contributed by atoms with E-state index in [4.69, 9.17) is 0 Å². The largest absolute Gasteiger partial charge is 0.478 e. The predicted molar refractivity (Wildman–Crippen MR) is 92.0 cm³/mol. The molecule has 7 heteroatoms. The van der Waals surface area contributed by atoms with Crippen LogP contribution in [-0.4, -0.2) is 21.9 Å². The molecule has 0 heterocycles. The first-order valence-corrected chi connectivity index (χ1v) is 7.27. The Morgan fingerprint density at radius 2 is 1.68 bits per heavy atom. The fourth-order valence-corrected chi connectivity index (χ4v) is 2.46. The minimum atomic E-state index is -1.36. The third-order valence-corrected chi connectivity index (χ3v) is 3.70. The molecule has 3 aromatic carbocycles. The quantitative estimate of drug-likeness (QED) is 0.557. The van der Waals surface area contributed by atoms with Crippen LogP contribution in [0.1, 0.15) is 20.7 Å². The van der Waals surface area contributed by atoms with Crippen molar-refractivity contribution in [3.05, 3.63) is 81.9 Å². The third kappa shape index (κ3) is 3.30. The lowest BCUT2D eigenvalue weighted by molar-refractivity contribution is -0.384. The molecule has 0 radical (unpaired) electrons.